The molecule has 1 unspecified atom stereocenters. The van der Waals surface area contributed by atoms with Gasteiger partial charge in [0.05, 0.1) is 31.3 Å². The average molecular weight is 331 g/mol. The SMILES string of the molecule is COc1cc(C#N)ccc1OCCCC(=O)N1CCC(C(N)=O)C1. The Labute approximate surface area is 140 Å². The van der Waals surface area contributed by atoms with Gasteiger partial charge in [0.1, 0.15) is 0 Å². The van der Waals surface area contributed by atoms with Crippen LogP contribution in [0.25, 0.3) is 0 Å². The number of primary amides is 1. The third-order valence-electron chi connectivity index (χ3n) is 4.03. The molecule has 0 radical (unpaired) electrons. The van der Waals surface area contributed by atoms with Crippen molar-refractivity contribution in [3.63, 3.8) is 0 Å². The molecule has 24 heavy (non-hydrogen) atoms. The molecule has 2 amide bonds. The Morgan fingerprint density at radius 2 is 2.21 bits per heavy atom. The zero-order valence-corrected chi connectivity index (χ0v) is 13.7. The fourth-order valence-electron chi connectivity index (χ4n) is 2.64. The van der Waals surface area contributed by atoms with E-state index in [9.17, 15) is 9.59 Å². The summed E-state index contributed by atoms with van der Waals surface area (Å²) >= 11 is 0. The van der Waals surface area contributed by atoms with Crippen LogP contribution in [-0.2, 0) is 9.59 Å². The molecule has 1 atom stereocenters. The van der Waals surface area contributed by atoms with Crippen molar-refractivity contribution < 1.29 is 19.1 Å². The highest BCUT2D eigenvalue weighted by Crippen LogP contribution is 2.28. The van der Waals surface area contributed by atoms with Gasteiger partial charge >= 0.3 is 0 Å². The quantitative estimate of drug-likeness (QED) is 0.752. The van der Waals surface area contributed by atoms with E-state index in [4.69, 9.17) is 20.5 Å². The zero-order chi connectivity index (χ0) is 17.5. The Morgan fingerprint density at radius 3 is 2.83 bits per heavy atom. The number of carbonyl (C=O) groups is 2. The number of nitrogens with zero attached hydrogens (tertiary/aromatic N) is 2. The summed E-state index contributed by atoms with van der Waals surface area (Å²) in [5.74, 6) is 0.465. The van der Waals surface area contributed by atoms with Crippen molar-refractivity contribution in [1.29, 1.82) is 5.26 Å². The van der Waals surface area contributed by atoms with E-state index in [0.29, 0.717) is 56.0 Å². The minimum Gasteiger partial charge on any atom is -0.493 e. The second-order valence-corrected chi connectivity index (χ2v) is 5.66. The average Bonchev–Trinajstić information content (AvgIpc) is 3.09. The molecule has 2 rings (SSSR count). The Morgan fingerprint density at radius 1 is 1.42 bits per heavy atom. The highest BCUT2D eigenvalue weighted by molar-refractivity contribution is 5.81. The first-order valence-corrected chi connectivity index (χ1v) is 7.83. The number of carbonyl (C=O) groups excluding carboxylic acids is 2. The minimum absolute atomic E-state index is 0.00847. The lowest BCUT2D eigenvalue weighted by molar-refractivity contribution is -0.130. The lowest BCUT2D eigenvalue weighted by Crippen LogP contribution is -2.31. The molecule has 0 aliphatic carbocycles. The summed E-state index contributed by atoms with van der Waals surface area (Å²) in [6.45, 7) is 1.36. The van der Waals surface area contributed by atoms with E-state index in [1.54, 1.807) is 23.1 Å². The molecule has 0 aromatic heterocycles. The summed E-state index contributed by atoms with van der Waals surface area (Å²) in [5.41, 5.74) is 5.76. The lowest BCUT2D eigenvalue weighted by atomic mass is 10.1. The van der Waals surface area contributed by atoms with Crippen molar-refractivity contribution in [2.75, 3.05) is 26.8 Å². The summed E-state index contributed by atoms with van der Waals surface area (Å²) in [6.07, 6.45) is 1.55. The number of nitriles is 1. The van der Waals surface area contributed by atoms with Gasteiger partial charge in [-0.1, -0.05) is 0 Å². The monoisotopic (exact) mass is 331 g/mol. The topological polar surface area (TPSA) is 106 Å². The molecule has 1 heterocycles. The summed E-state index contributed by atoms with van der Waals surface area (Å²) in [4.78, 5) is 24.9. The number of benzene rings is 1. The second kappa shape index (κ2) is 8.20. The third-order valence-corrected chi connectivity index (χ3v) is 4.03. The maximum Gasteiger partial charge on any atom is 0.222 e. The van der Waals surface area contributed by atoms with Gasteiger partial charge in [0, 0.05) is 25.6 Å². The molecule has 0 spiro atoms. The van der Waals surface area contributed by atoms with Crippen molar-refractivity contribution >= 4 is 11.8 Å². The van der Waals surface area contributed by atoms with E-state index in [0.717, 1.165) is 0 Å². The van der Waals surface area contributed by atoms with Crippen molar-refractivity contribution in [2.24, 2.45) is 11.7 Å². The van der Waals surface area contributed by atoms with Crippen LogP contribution in [-0.4, -0.2) is 43.5 Å². The number of nitrogens with two attached hydrogens (primary N) is 1. The van der Waals surface area contributed by atoms with Gasteiger partial charge in [0.25, 0.3) is 0 Å². The Hall–Kier alpha value is -2.75. The van der Waals surface area contributed by atoms with Gasteiger partial charge in [-0.05, 0) is 25.0 Å². The summed E-state index contributed by atoms with van der Waals surface area (Å²) in [5, 5.41) is 8.86. The molecule has 2 N–H and O–H groups in total. The van der Waals surface area contributed by atoms with Gasteiger partial charge in [-0.3, -0.25) is 9.59 Å². The molecule has 7 heteroatoms. The molecule has 0 bridgehead atoms. The van der Waals surface area contributed by atoms with Crippen LogP contribution in [0.3, 0.4) is 0 Å². The van der Waals surface area contributed by atoms with Crippen LogP contribution in [0.1, 0.15) is 24.8 Å². The summed E-state index contributed by atoms with van der Waals surface area (Å²) in [7, 11) is 1.51. The first-order valence-electron chi connectivity index (χ1n) is 7.83. The molecule has 1 aliphatic heterocycles. The van der Waals surface area contributed by atoms with Crippen molar-refractivity contribution in [3.05, 3.63) is 23.8 Å². The smallest absolute Gasteiger partial charge is 0.222 e. The fraction of sp³-hybridized carbons (Fsp3) is 0.471. The fourth-order valence-corrected chi connectivity index (χ4v) is 2.64. The van der Waals surface area contributed by atoms with E-state index in [1.165, 1.54) is 7.11 Å². The number of amides is 2. The first-order chi connectivity index (χ1) is 11.5. The maximum atomic E-state index is 12.1. The van der Waals surface area contributed by atoms with E-state index in [2.05, 4.69) is 0 Å². The van der Waals surface area contributed by atoms with Crippen LogP contribution in [0, 0.1) is 17.2 Å². The van der Waals surface area contributed by atoms with Gasteiger partial charge in [0.15, 0.2) is 11.5 Å². The maximum absolute atomic E-state index is 12.1. The molecule has 0 saturated carbocycles. The Kier molecular flexibility index (Phi) is 6.01. The van der Waals surface area contributed by atoms with Crippen molar-refractivity contribution in [1.82, 2.24) is 4.90 Å². The number of likely N-dealkylation sites (tertiary alicyclic amines) is 1. The molecular formula is C17H21N3O4. The number of hydrogen-bond acceptors (Lipinski definition) is 5. The van der Waals surface area contributed by atoms with Crippen LogP contribution < -0.4 is 15.2 Å². The molecule has 128 valence electrons. The number of hydrogen-bond donors (Lipinski definition) is 1. The molecule has 7 nitrogen and oxygen atoms in total. The van der Waals surface area contributed by atoms with Gasteiger partial charge in [0.2, 0.25) is 11.8 Å². The van der Waals surface area contributed by atoms with Crippen LogP contribution in [0.2, 0.25) is 0 Å². The van der Waals surface area contributed by atoms with E-state index in [-0.39, 0.29) is 17.7 Å². The van der Waals surface area contributed by atoms with Crippen LogP contribution in [0.15, 0.2) is 18.2 Å². The van der Waals surface area contributed by atoms with Crippen LogP contribution in [0.5, 0.6) is 11.5 Å². The minimum atomic E-state index is -0.346. The molecule has 1 saturated heterocycles. The van der Waals surface area contributed by atoms with Crippen LogP contribution in [0.4, 0.5) is 0 Å². The molecule has 1 aromatic rings. The van der Waals surface area contributed by atoms with Crippen molar-refractivity contribution in [2.45, 2.75) is 19.3 Å². The molecule has 1 aliphatic rings. The predicted molar refractivity (Wildman–Crippen MR) is 86.3 cm³/mol. The normalized spacial score (nSPS) is 16.5. The van der Waals surface area contributed by atoms with E-state index in [1.807, 2.05) is 6.07 Å². The van der Waals surface area contributed by atoms with Gasteiger partial charge in [-0.2, -0.15) is 5.26 Å². The largest absolute Gasteiger partial charge is 0.493 e. The zero-order valence-electron chi connectivity index (χ0n) is 13.7. The van der Waals surface area contributed by atoms with Crippen LogP contribution >= 0.6 is 0 Å². The Bertz CT molecular complexity index is 654. The molecule has 1 aromatic carbocycles. The third kappa shape index (κ3) is 4.38. The highest BCUT2D eigenvalue weighted by atomic mass is 16.5. The van der Waals surface area contributed by atoms with Gasteiger partial charge < -0.3 is 20.1 Å². The summed E-state index contributed by atoms with van der Waals surface area (Å²) < 4.78 is 10.8. The first kappa shape index (κ1) is 17.6. The Balaban J connectivity index is 1.76. The number of methoxy groups -OCH3 is 1. The standard InChI is InChI=1S/C17H21N3O4/c1-23-15-9-12(10-18)4-5-14(15)24-8-2-3-16(21)20-7-6-13(11-20)17(19)22/h4-5,9,13H,2-3,6-8,11H2,1H3,(H2,19,22). The van der Waals surface area contributed by atoms with Crippen molar-refractivity contribution in [3.8, 4) is 17.6 Å². The van der Waals surface area contributed by atoms with E-state index < -0.39 is 0 Å². The number of ether oxygens (including phenoxy) is 2. The van der Waals surface area contributed by atoms with E-state index >= 15 is 0 Å². The lowest BCUT2D eigenvalue weighted by Gasteiger charge is -2.16. The summed E-state index contributed by atoms with van der Waals surface area (Å²) in [6, 6.07) is 6.97. The highest BCUT2D eigenvalue weighted by Gasteiger charge is 2.29. The molecular weight excluding hydrogens is 310 g/mol. The molecule has 1 fully saturated rings. The second-order valence-electron chi connectivity index (χ2n) is 5.66. The number of rotatable bonds is 7. The van der Waals surface area contributed by atoms with Gasteiger partial charge in [-0.15, -0.1) is 0 Å². The van der Waals surface area contributed by atoms with Gasteiger partial charge in [-0.25, -0.2) is 0 Å². The predicted octanol–water partition coefficient (Wildman–Crippen LogP) is 1.06.